The highest BCUT2D eigenvalue weighted by atomic mass is 19.4. The Bertz CT molecular complexity index is 536. The molecule has 1 aromatic rings. The van der Waals surface area contributed by atoms with Crippen LogP contribution in [0.2, 0.25) is 0 Å². The second-order valence-corrected chi connectivity index (χ2v) is 6.51. The van der Waals surface area contributed by atoms with Gasteiger partial charge in [-0.3, -0.25) is 0 Å². The number of aliphatic imine (C=N–C) groups is 1. The number of halogens is 3. The molecule has 25 heavy (non-hydrogen) atoms. The van der Waals surface area contributed by atoms with Gasteiger partial charge in [0.1, 0.15) is 18.9 Å². The lowest BCUT2D eigenvalue weighted by Crippen LogP contribution is -2.38. The molecule has 1 heterocycles. The minimum Gasteiger partial charge on any atom is -0.443 e. The van der Waals surface area contributed by atoms with Crippen LogP contribution in [0, 0.1) is 0 Å². The van der Waals surface area contributed by atoms with Crippen molar-refractivity contribution in [2.24, 2.45) is 4.99 Å². The fourth-order valence-corrected chi connectivity index (χ4v) is 1.79. The molecule has 0 aliphatic heterocycles. The van der Waals surface area contributed by atoms with Gasteiger partial charge in [0.25, 0.3) is 0 Å². The fourth-order valence-electron chi connectivity index (χ4n) is 1.79. The van der Waals surface area contributed by atoms with Crippen LogP contribution < -0.4 is 10.6 Å². The summed E-state index contributed by atoms with van der Waals surface area (Å²) in [5.41, 5.74) is -0.117. The minimum atomic E-state index is -4.29. The molecular weight excluding hydrogens is 337 g/mol. The predicted molar refractivity (Wildman–Crippen MR) is 89.5 cm³/mol. The van der Waals surface area contributed by atoms with E-state index in [1.54, 1.807) is 6.20 Å². The van der Waals surface area contributed by atoms with E-state index in [1.807, 2.05) is 27.7 Å². The van der Waals surface area contributed by atoms with Crippen LogP contribution in [0.25, 0.3) is 0 Å². The zero-order valence-corrected chi connectivity index (χ0v) is 15.2. The molecule has 0 spiro atoms. The number of oxazole rings is 1. The molecule has 1 aromatic heterocycles. The van der Waals surface area contributed by atoms with Gasteiger partial charge in [-0.25, -0.2) is 9.98 Å². The van der Waals surface area contributed by atoms with Crippen LogP contribution in [0.3, 0.4) is 0 Å². The van der Waals surface area contributed by atoms with E-state index in [1.165, 1.54) is 0 Å². The summed E-state index contributed by atoms with van der Waals surface area (Å²) in [6, 6.07) is 0. The first kappa shape index (κ1) is 21.3. The number of nitrogens with zero attached hydrogens (tertiary/aromatic N) is 2. The first-order chi connectivity index (χ1) is 11.6. The summed E-state index contributed by atoms with van der Waals surface area (Å²) >= 11 is 0. The van der Waals surface area contributed by atoms with Gasteiger partial charge in [0.05, 0.1) is 6.20 Å². The van der Waals surface area contributed by atoms with E-state index < -0.39 is 12.8 Å². The standard InChI is InChI=1S/C16H27F3N4O2/c1-5-20-14(21-7-6-8-24-11-16(17,18)19)23-10-13-22-9-12(25-13)15(2,3)4/h9H,5-8,10-11H2,1-4H3,(H2,20,21,23). The maximum atomic E-state index is 11.9. The molecule has 0 unspecified atom stereocenters. The Kier molecular flexibility index (Phi) is 8.21. The molecule has 0 aliphatic carbocycles. The normalized spacial score (nSPS) is 13.2. The molecule has 9 heteroatoms. The van der Waals surface area contributed by atoms with Crippen molar-refractivity contribution in [3.63, 3.8) is 0 Å². The average molecular weight is 364 g/mol. The molecule has 6 nitrogen and oxygen atoms in total. The van der Waals surface area contributed by atoms with Gasteiger partial charge in [-0.15, -0.1) is 0 Å². The smallest absolute Gasteiger partial charge is 0.411 e. The van der Waals surface area contributed by atoms with Gasteiger partial charge in [0.2, 0.25) is 5.89 Å². The number of hydrogen-bond acceptors (Lipinski definition) is 4. The van der Waals surface area contributed by atoms with E-state index >= 15 is 0 Å². The fraction of sp³-hybridized carbons (Fsp3) is 0.750. The zero-order valence-electron chi connectivity index (χ0n) is 15.2. The lowest BCUT2D eigenvalue weighted by molar-refractivity contribution is -0.173. The molecule has 0 amide bonds. The van der Waals surface area contributed by atoms with Crippen molar-refractivity contribution in [3.05, 3.63) is 17.8 Å². The van der Waals surface area contributed by atoms with Crippen molar-refractivity contribution in [1.82, 2.24) is 15.6 Å². The number of aromatic nitrogens is 1. The van der Waals surface area contributed by atoms with E-state index in [2.05, 4.69) is 25.3 Å². The summed E-state index contributed by atoms with van der Waals surface area (Å²) in [6.07, 6.45) is -2.15. The number of hydrogen-bond donors (Lipinski definition) is 2. The summed E-state index contributed by atoms with van der Waals surface area (Å²) in [5, 5.41) is 6.09. The van der Waals surface area contributed by atoms with Crippen molar-refractivity contribution in [2.45, 2.75) is 52.3 Å². The number of ether oxygens (including phenoxy) is 1. The molecule has 1 rings (SSSR count). The van der Waals surface area contributed by atoms with E-state index in [0.717, 1.165) is 5.76 Å². The molecule has 0 atom stereocenters. The number of guanidine groups is 1. The molecule has 0 aliphatic rings. The summed E-state index contributed by atoms with van der Waals surface area (Å²) in [5.74, 6) is 1.85. The molecule has 0 aromatic carbocycles. The maximum absolute atomic E-state index is 11.9. The Labute approximate surface area is 146 Å². The third-order valence-electron chi connectivity index (χ3n) is 3.03. The Morgan fingerprint density at radius 1 is 1.28 bits per heavy atom. The van der Waals surface area contributed by atoms with E-state index in [4.69, 9.17) is 4.42 Å². The Hall–Kier alpha value is -1.77. The largest absolute Gasteiger partial charge is 0.443 e. The average Bonchev–Trinajstić information content (AvgIpc) is 2.96. The second kappa shape index (κ2) is 9.65. The highest BCUT2D eigenvalue weighted by molar-refractivity contribution is 5.79. The van der Waals surface area contributed by atoms with Crippen LogP contribution in [0.5, 0.6) is 0 Å². The molecule has 0 saturated heterocycles. The van der Waals surface area contributed by atoms with Crippen molar-refractivity contribution in [2.75, 3.05) is 26.3 Å². The summed E-state index contributed by atoms with van der Waals surface area (Å²) in [4.78, 5) is 8.56. The summed E-state index contributed by atoms with van der Waals surface area (Å²) in [6.45, 7) is 8.22. The Morgan fingerprint density at radius 2 is 2.00 bits per heavy atom. The Morgan fingerprint density at radius 3 is 2.56 bits per heavy atom. The number of nitrogens with one attached hydrogen (secondary N) is 2. The van der Waals surface area contributed by atoms with E-state index in [-0.39, 0.29) is 18.6 Å². The SMILES string of the molecule is CCNC(=NCc1ncc(C(C)(C)C)o1)NCCCOCC(F)(F)F. The summed E-state index contributed by atoms with van der Waals surface area (Å²) < 4.78 is 46.1. The monoisotopic (exact) mass is 364 g/mol. The predicted octanol–water partition coefficient (Wildman–Crippen LogP) is 3.00. The van der Waals surface area contributed by atoms with Crippen molar-refractivity contribution in [3.8, 4) is 0 Å². The molecule has 144 valence electrons. The molecule has 0 radical (unpaired) electrons. The van der Waals surface area contributed by atoms with Crippen LogP contribution >= 0.6 is 0 Å². The first-order valence-electron chi connectivity index (χ1n) is 8.23. The van der Waals surface area contributed by atoms with Gasteiger partial charge >= 0.3 is 6.18 Å². The summed E-state index contributed by atoms with van der Waals surface area (Å²) in [7, 11) is 0. The van der Waals surface area contributed by atoms with Crippen LogP contribution in [0.15, 0.2) is 15.6 Å². The molecule has 0 bridgehead atoms. The first-order valence-corrected chi connectivity index (χ1v) is 8.23. The maximum Gasteiger partial charge on any atom is 0.411 e. The highest BCUT2D eigenvalue weighted by Crippen LogP contribution is 2.22. The van der Waals surface area contributed by atoms with Crippen LogP contribution in [0.1, 0.15) is 45.8 Å². The number of alkyl halides is 3. The van der Waals surface area contributed by atoms with Gasteiger partial charge < -0.3 is 19.8 Å². The lowest BCUT2D eigenvalue weighted by atomic mass is 9.94. The van der Waals surface area contributed by atoms with E-state index in [9.17, 15) is 13.2 Å². The van der Waals surface area contributed by atoms with Gasteiger partial charge in [0.15, 0.2) is 5.96 Å². The van der Waals surface area contributed by atoms with Gasteiger partial charge in [-0.2, -0.15) is 13.2 Å². The van der Waals surface area contributed by atoms with E-state index in [0.29, 0.717) is 31.4 Å². The molecular formula is C16H27F3N4O2. The highest BCUT2D eigenvalue weighted by Gasteiger charge is 2.27. The quantitative estimate of drug-likeness (QED) is 0.422. The van der Waals surface area contributed by atoms with Crippen molar-refractivity contribution < 1.29 is 22.3 Å². The minimum absolute atomic E-state index is 0.0284. The van der Waals surface area contributed by atoms with Crippen molar-refractivity contribution in [1.29, 1.82) is 0 Å². The second-order valence-electron chi connectivity index (χ2n) is 6.51. The molecule has 2 N–H and O–H groups in total. The van der Waals surface area contributed by atoms with Crippen molar-refractivity contribution >= 4 is 5.96 Å². The van der Waals surface area contributed by atoms with Gasteiger partial charge in [-0.05, 0) is 13.3 Å². The third kappa shape index (κ3) is 9.33. The lowest BCUT2D eigenvalue weighted by Gasteiger charge is -2.13. The third-order valence-corrected chi connectivity index (χ3v) is 3.03. The molecule has 0 saturated carbocycles. The Balaban J connectivity index is 2.40. The molecule has 0 fully saturated rings. The topological polar surface area (TPSA) is 71.7 Å². The zero-order chi connectivity index (χ0) is 18.9. The van der Waals surface area contributed by atoms with Crippen LogP contribution in [0.4, 0.5) is 13.2 Å². The van der Waals surface area contributed by atoms with Crippen LogP contribution in [-0.2, 0) is 16.7 Å². The number of rotatable bonds is 8. The van der Waals surface area contributed by atoms with Gasteiger partial charge in [-0.1, -0.05) is 20.8 Å². The van der Waals surface area contributed by atoms with Gasteiger partial charge in [0, 0.05) is 25.1 Å². The van der Waals surface area contributed by atoms with Crippen LogP contribution in [-0.4, -0.2) is 43.4 Å².